The normalized spacial score (nSPS) is 16.9. The number of anilines is 2. The number of aldehydes is 1. The Balaban J connectivity index is 1.82. The van der Waals surface area contributed by atoms with Gasteiger partial charge in [-0.2, -0.15) is 0 Å². The molecule has 3 rings (SSSR count). The number of aryl methyl sites for hydroxylation is 1. The van der Waals surface area contributed by atoms with Gasteiger partial charge in [0.25, 0.3) is 0 Å². The lowest BCUT2D eigenvalue weighted by molar-refractivity contribution is -0.111. The molecular weight excluding hydrogens is 297 g/mol. The topological polar surface area (TPSA) is 74.3 Å². The van der Waals surface area contributed by atoms with Crippen molar-refractivity contribution < 1.29 is 9.18 Å². The fourth-order valence-electron chi connectivity index (χ4n) is 2.43. The van der Waals surface area contributed by atoms with Gasteiger partial charge in [-0.15, -0.1) is 0 Å². The van der Waals surface area contributed by atoms with Crippen LogP contribution in [-0.2, 0) is 11.3 Å². The van der Waals surface area contributed by atoms with Crippen molar-refractivity contribution in [3.05, 3.63) is 59.4 Å². The Hall–Kier alpha value is -2.96. The van der Waals surface area contributed by atoms with Crippen LogP contribution in [0.2, 0.25) is 0 Å². The van der Waals surface area contributed by atoms with E-state index in [9.17, 15) is 9.18 Å². The minimum atomic E-state index is -0.787. The fourth-order valence-corrected chi connectivity index (χ4v) is 2.43. The number of nitrogens with zero attached hydrogens (tertiary/aromatic N) is 4. The summed E-state index contributed by atoms with van der Waals surface area (Å²) in [5.41, 5.74) is 8.61. The molecule has 23 heavy (non-hydrogen) atoms. The van der Waals surface area contributed by atoms with E-state index in [1.165, 1.54) is 16.1 Å². The summed E-state index contributed by atoms with van der Waals surface area (Å²) in [7, 11) is 0. The number of benzene rings is 2. The first-order chi connectivity index (χ1) is 11.1. The minimum Gasteiger partial charge on any atom is -0.399 e. The molecule has 1 atom stereocenters. The second-order valence-electron chi connectivity index (χ2n) is 5.31. The molecule has 0 saturated heterocycles. The van der Waals surface area contributed by atoms with Crippen molar-refractivity contribution >= 4 is 17.7 Å². The monoisotopic (exact) mass is 313 g/mol. The van der Waals surface area contributed by atoms with Gasteiger partial charge in [-0.05, 0) is 41.5 Å². The number of hydrogen-bond acceptors (Lipinski definition) is 6. The molecule has 1 aliphatic rings. The molecule has 0 bridgehead atoms. The third-order valence-corrected chi connectivity index (χ3v) is 3.71. The summed E-state index contributed by atoms with van der Waals surface area (Å²) in [5, 5.41) is 10.7. The molecule has 0 spiro atoms. The van der Waals surface area contributed by atoms with Crippen LogP contribution < -0.4 is 10.7 Å². The van der Waals surface area contributed by atoms with E-state index < -0.39 is 12.0 Å². The van der Waals surface area contributed by atoms with Gasteiger partial charge in [0.2, 0.25) is 0 Å². The maximum Gasteiger partial charge on any atom is 0.198 e. The molecule has 118 valence electrons. The molecule has 6 nitrogen and oxygen atoms in total. The molecule has 0 aliphatic carbocycles. The van der Waals surface area contributed by atoms with Crippen LogP contribution in [0.15, 0.2) is 52.9 Å². The number of carbonyl (C=O) groups is 1. The van der Waals surface area contributed by atoms with Gasteiger partial charge < -0.3 is 5.73 Å². The molecule has 0 radical (unpaired) electrons. The average molecular weight is 313 g/mol. The van der Waals surface area contributed by atoms with Gasteiger partial charge >= 0.3 is 0 Å². The predicted octanol–water partition coefficient (Wildman–Crippen LogP) is 2.85. The molecule has 1 unspecified atom stereocenters. The second-order valence-corrected chi connectivity index (χ2v) is 5.31. The quantitative estimate of drug-likeness (QED) is 0.696. The molecule has 2 N–H and O–H groups in total. The second kappa shape index (κ2) is 6.04. The van der Waals surface area contributed by atoms with Crippen LogP contribution in [0.3, 0.4) is 0 Å². The number of carbonyl (C=O) groups excluding carboxylic acids is 1. The molecular formula is C16H16FN5O. The van der Waals surface area contributed by atoms with Crippen LogP contribution in [0.4, 0.5) is 15.8 Å². The van der Waals surface area contributed by atoms with E-state index in [0.29, 0.717) is 18.5 Å². The summed E-state index contributed by atoms with van der Waals surface area (Å²) in [4.78, 5) is 11.5. The summed E-state index contributed by atoms with van der Waals surface area (Å²) in [6, 6.07) is 11.7. The van der Waals surface area contributed by atoms with E-state index >= 15 is 0 Å². The molecule has 0 aromatic heterocycles. The number of nitrogens with two attached hydrogens (primary N) is 1. The van der Waals surface area contributed by atoms with Gasteiger partial charge in [0.05, 0.1) is 12.2 Å². The third-order valence-electron chi connectivity index (χ3n) is 3.71. The smallest absolute Gasteiger partial charge is 0.198 e. The Morgan fingerprint density at radius 2 is 2.04 bits per heavy atom. The number of para-hydroxylation sites is 1. The lowest BCUT2D eigenvalue weighted by atomic mass is 10.1. The first kappa shape index (κ1) is 15.0. The lowest BCUT2D eigenvalue weighted by Crippen LogP contribution is -2.39. The van der Waals surface area contributed by atoms with Crippen LogP contribution in [0.1, 0.15) is 11.1 Å². The summed E-state index contributed by atoms with van der Waals surface area (Å²) in [5.74, 6) is -0.455. The summed E-state index contributed by atoms with van der Waals surface area (Å²) in [6.07, 6.45) is -0.0962. The number of rotatable bonds is 4. The van der Waals surface area contributed by atoms with Crippen molar-refractivity contribution in [2.75, 3.05) is 10.7 Å². The molecule has 7 heteroatoms. The highest BCUT2D eigenvalue weighted by molar-refractivity contribution is 5.65. The van der Waals surface area contributed by atoms with E-state index in [1.54, 1.807) is 18.2 Å². The number of hydrogen-bond donors (Lipinski definition) is 1. The minimum absolute atomic E-state index is 0.212. The van der Waals surface area contributed by atoms with Gasteiger partial charge in [0.15, 0.2) is 12.5 Å². The van der Waals surface area contributed by atoms with E-state index in [-0.39, 0.29) is 5.69 Å². The Kier molecular flexibility index (Phi) is 3.92. The van der Waals surface area contributed by atoms with E-state index in [1.807, 2.05) is 25.1 Å². The van der Waals surface area contributed by atoms with Gasteiger partial charge in [-0.1, -0.05) is 29.5 Å². The Morgan fingerprint density at radius 3 is 2.74 bits per heavy atom. The maximum absolute atomic E-state index is 13.9. The zero-order chi connectivity index (χ0) is 16.4. The third kappa shape index (κ3) is 2.85. The van der Waals surface area contributed by atoms with Crippen LogP contribution in [0.25, 0.3) is 0 Å². The highest BCUT2D eigenvalue weighted by Gasteiger charge is 2.32. The summed E-state index contributed by atoms with van der Waals surface area (Å²) < 4.78 is 13.9. The largest absolute Gasteiger partial charge is 0.399 e. The molecule has 0 saturated carbocycles. The maximum atomic E-state index is 13.9. The summed E-state index contributed by atoms with van der Waals surface area (Å²) >= 11 is 0. The molecule has 1 aliphatic heterocycles. The van der Waals surface area contributed by atoms with Crippen molar-refractivity contribution in [1.29, 1.82) is 0 Å². The molecule has 0 amide bonds. The molecule has 2 aromatic carbocycles. The standard InChI is InChI=1S/C16H16FN5O/c1-11-8-12(6-7-14(11)18)9-21-16(10-23)22(20-19-21)15-5-3-2-4-13(15)17/h2-8,10,16H,9,18H2,1H3. The van der Waals surface area contributed by atoms with Gasteiger partial charge in [0, 0.05) is 5.69 Å². The lowest BCUT2D eigenvalue weighted by Gasteiger charge is -2.23. The van der Waals surface area contributed by atoms with Crippen LogP contribution in [0.5, 0.6) is 0 Å². The summed E-state index contributed by atoms with van der Waals surface area (Å²) in [6.45, 7) is 2.28. The zero-order valence-electron chi connectivity index (χ0n) is 12.6. The molecule has 0 fully saturated rings. The van der Waals surface area contributed by atoms with Crippen molar-refractivity contribution in [3.8, 4) is 0 Å². The zero-order valence-corrected chi connectivity index (χ0v) is 12.6. The van der Waals surface area contributed by atoms with Gasteiger partial charge in [0.1, 0.15) is 5.82 Å². The predicted molar refractivity (Wildman–Crippen MR) is 84.7 cm³/mol. The Bertz CT molecular complexity index is 764. The van der Waals surface area contributed by atoms with E-state index in [0.717, 1.165) is 11.1 Å². The van der Waals surface area contributed by atoms with E-state index in [4.69, 9.17) is 5.73 Å². The Morgan fingerprint density at radius 1 is 1.26 bits per heavy atom. The SMILES string of the molecule is Cc1cc(CN2N=NN(c3ccccc3F)C2C=O)ccc1N. The van der Waals surface area contributed by atoms with Crippen LogP contribution >= 0.6 is 0 Å². The first-order valence-electron chi connectivity index (χ1n) is 7.12. The fraction of sp³-hybridized carbons (Fsp3) is 0.188. The van der Waals surface area contributed by atoms with Crippen molar-refractivity contribution in [2.45, 2.75) is 19.6 Å². The molecule has 1 heterocycles. The highest BCUT2D eigenvalue weighted by Crippen LogP contribution is 2.28. The highest BCUT2D eigenvalue weighted by atomic mass is 19.1. The van der Waals surface area contributed by atoms with Crippen molar-refractivity contribution in [1.82, 2.24) is 5.01 Å². The van der Waals surface area contributed by atoms with Gasteiger partial charge in [-0.3, -0.25) is 4.79 Å². The average Bonchev–Trinajstić information content (AvgIpc) is 2.94. The van der Waals surface area contributed by atoms with Gasteiger partial charge in [-0.25, -0.2) is 14.4 Å². The number of halogens is 1. The van der Waals surface area contributed by atoms with E-state index in [2.05, 4.69) is 10.4 Å². The van der Waals surface area contributed by atoms with Crippen molar-refractivity contribution in [3.63, 3.8) is 0 Å². The van der Waals surface area contributed by atoms with Crippen LogP contribution in [0, 0.1) is 12.7 Å². The van der Waals surface area contributed by atoms with Crippen LogP contribution in [-0.4, -0.2) is 17.5 Å². The number of nitrogen functional groups attached to an aromatic ring is 1. The first-order valence-corrected chi connectivity index (χ1v) is 7.12. The van der Waals surface area contributed by atoms with Crippen molar-refractivity contribution in [2.24, 2.45) is 10.4 Å². The Labute approximate surface area is 133 Å². The molecule has 2 aromatic rings.